The van der Waals surface area contributed by atoms with Crippen molar-refractivity contribution >= 4 is 33.3 Å². The Labute approximate surface area is 179 Å². The molecule has 0 aliphatic carbocycles. The summed E-state index contributed by atoms with van der Waals surface area (Å²) in [5.41, 5.74) is 5.24. The number of piperazine rings is 1. The molecule has 1 fully saturated rings. The minimum atomic E-state index is -3.64. The van der Waals surface area contributed by atoms with E-state index in [1.807, 2.05) is 17.5 Å². The summed E-state index contributed by atoms with van der Waals surface area (Å²) in [5, 5.41) is 4.46. The van der Waals surface area contributed by atoms with Crippen LogP contribution in [-0.4, -0.2) is 62.9 Å². The van der Waals surface area contributed by atoms with E-state index in [1.54, 1.807) is 17.0 Å². The molecule has 1 aromatic carbocycles. The van der Waals surface area contributed by atoms with E-state index in [1.165, 1.54) is 34.9 Å². The van der Waals surface area contributed by atoms with Gasteiger partial charge in [0.05, 0.1) is 24.5 Å². The van der Waals surface area contributed by atoms with Crippen LogP contribution < -0.4 is 15.8 Å². The zero-order valence-corrected chi connectivity index (χ0v) is 18.1. The van der Waals surface area contributed by atoms with Gasteiger partial charge in [-0.25, -0.2) is 13.2 Å². The number of nitrogens with zero attached hydrogens (tertiary/aromatic N) is 2. The number of sulfonamides is 1. The number of methoxy groups -OCH3 is 1. The van der Waals surface area contributed by atoms with Gasteiger partial charge in [0, 0.05) is 31.1 Å². The van der Waals surface area contributed by atoms with Crippen molar-refractivity contribution < 1.29 is 22.7 Å². The van der Waals surface area contributed by atoms with Crippen LogP contribution in [0.1, 0.15) is 17.3 Å². The molecule has 3 rings (SSSR count). The van der Waals surface area contributed by atoms with Gasteiger partial charge in [-0.2, -0.15) is 4.31 Å². The van der Waals surface area contributed by atoms with Gasteiger partial charge < -0.3 is 20.7 Å². The standard InChI is InChI=1S/C19H24N4O5S2/c1-28-14-4-6-15(7-5-14)30(26,27)23-10-8-22(9-11-23)18(24)13-16(21-19(20)25)17-3-2-12-29-17/h2-7,12,16H,8-11,13H2,1H3,(H3,20,21,25). The summed E-state index contributed by atoms with van der Waals surface area (Å²) < 4.78 is 32.1. The number of amides is 3. The topological polar surface area (TPSA) is 122 Å². The number of ether oxygens (including phenoxy) is 1. The molecular formula is C19H24N4O5S2. The van der Waals surface area contributed by atoms with Crippen molar-refractivity contribution in [3.63, 3.8) is 0 Å². The minimum Gasteiger partial charge on any atom is -0.497 e. The molecule has 0 radical (unpaired) electrons. The second-order valence-corrected chi connectivity index (χ2v) is 9.66. The number of benzene rings is 1. The van der Waals surface area contributed by atoms with Crippen LogP contribution in [0.3, 0.4) is 0 Å². The molecule has 1 aliphatic heterocycles. The van der Waals surface area contributed by atoms with Gasteiger partial charge in [-0.15, -0.1) is 11.3 Å². The van der Waals surface area contributed by atoms with Gasteiger partial charge in [0.15, 0.2) is 0 Å². The van der Waals surface area contributed by atoms with Crippen molar-refractivity contribution in [1.82, 2.24) is 14.5 Å². The van der Waals surface area contributed by atoms with Gasteiger partial charge in [-0.3, -0.25) is 4.79 Å². The van der Waals surface area contributed by atoms with E-state index in [0.717, 1.165) is 4.88 Å². The predicted octanol–water partition coefficient (Wildman–Crippen LogP) is 1.39. The number of hydrogen-bond donors (Lipinski definition) is 2. The largest absolute Gasteiger partial charge is 0.497 e. The zero-order chi connectivity index (χ0) is 21.7. The molecule has 1 unspecified atom stereocenters. The zero-order valence-electron chi connectivity index (χ0n) is 16.5. The molecule has 3 amide bonds. The molecule has 1 aliphatic rings. The van der Waals surface area contributed by atoms with Gasteiger partial charge in [0.1, 0.15) is 5.75 Å². The molecule has 1 aromatic heterocycles. The molecule has 0 spiro atoms. The number of primary amides is 1. The number of rotatable bonds is 7. The monoisotopic (exact) mass is 452 g/mol. The van der Waals surface area contributed by atoms with Crippen LogP contribution in [-0.2, 0) is 14.8 Å². The highest BCUT2D eigenvalue weighted by molar-refractivity contribution is 7.89. The maximum atomic E-state index is 12.8. The third-order valence-corrected chi connectivity index (χ3v) is 7.77. The lowest BCUT2D eigenvalue weighted by molar-refractivity contribution is -0.132. The first kappa shape index (κ1) is 22.1. The van der Waals surface area contributed by atoms with E-state index in [9.17, 15) is 18.0 Å². The van der Waals surface area contributed by atoms with E-state index in [2.05, 4.69) is 5.32 Å². The summed E-state index contributed by atoms with van der Waals surface area (Å²) in [7, 11) is -2.13. The Balaban J connectivity index is 1.61. The number of nitrogens with one attached hydrogen (secondary N) is 1. The van der Waals surface area contributed by atoms with Crippen molar-refractivity contribution in [3.05, 3.63) is 46.7 Å². The maximum absolute atomic E-state index is 12.8. The summed E-state index contributed by atoms with van der Waals surface area (Å²) in [6.07, 6.45) is 0.0642. The fourth-order valence-corrected chi connectivity index (χ4v) is 5.46. The highest BCUT2D eigenvalue weighted by Crippen LogP contribution is 2.24. The summed E-state index contributed by atoms with van der Waals surface area (Å²) in [6.45, 7) is 0.962. The first-order valence-corrected chi connectivity index (χ1v) is 11.6. The lowest BCUT2D eigenvalue weighted by atomic mass is 10.1. The molecule has 162 valence electrons. The number of hydrogen-bond acceptors (Lipinski definition) is 6. The van der Waals surface area contributed by atoms with Crippen molar-refractivity contribution in [2.75, 3.05) is 33.3 Å². The Morgan fingerprint density at radius 2 is 1.83 bits per heavy atom. The van der Waals surface area contributed by atoms with Crippen LogP contribution >= 0.6 is 11.3 Å². The normalized spacial score (nSPS) is 16.1. The van der Waals surface area contributed by atoms with E-state index >= 15 is 0 Å². The Kier molecular flexibility index (Phi) is 6.95. The molecule has 9 nitrogen and oxygen atoms in total. The Morgan fingerprint density at radius 3 is 2.37 bits per heavy atom. The lowest BCUT2D eigenvalue weighted by Gasteiger charge is -2.34. The van der Waals surface area contributed by atoms with Crippen LogP contribution in [0.5, 0.6) is 5.75 Å². The number of thiophene rings is 1. The molecule has 1 atom stereocenters. The van der Waals surface area contributed by atoms with Crippen molar-refractivity contribution in [1.29, 1.82) is 0 Å². The van der Waals surface area contributed by atoms with Crippen molar-refractivity contribution in [3.8, 4) is 5.75 Å². The van der Waals surface area contributed by atoms with E-state index < -0.39 is 22.1 Å². The molecule has 0 bridgehead atoms. The smallest absolute Gasteiger partial charge is 0.312 e. The minimum absolute atomic E-state index is 0.0642. The third-order valence-electron chi connectivity index (χ3n) is 4.87. The Bertz CT molecular complexity index is 969. The average molecular weight is 453 g/mol. The number of urea groups is 1. The number of nitrogens with two attached hydrogens (primary N) is 1. The van der Waals surface area contributed by atoms with Crippen molar-refractivity contribution in [2.24, 2.45) is 5.73 Å². The van der Waals surface area contributed by atoms with Gasteiger partial charge in [-0.1, -0.05) is 6.07 Å². The van der Waals surface area contributed by atoms with Crippen LogP contribution in [0.25, 0.3) is 0 Å². The fraction of sp³-hybridized carbons (Fsp3) is 0.368. The SMILES string of the molecule is COc1ccc(S(=O)(=O)N2CCN(C(=O)CC(NC(N)=O)c3cccs3)CC2)cc1. The van der Waals surface area contributed by atoms with Crippen LogP contribution in [0.4, 0.5) is 4.79 Å². The van der Waals surface area contributed by atoms with E-state index in [4.69, 9.17) is 10.5 Å². The molecule has 0 saturated carbocycles. The summed E-state index contributed by atoms with van der Waals surface area (Å²) in [5.74, 6) is 0.415. The fourth-order valence-electron chi connectivity index (χ4n) is 3.26. The second-order valence-electron chi connectivity index (χ2n) is 6.74. The quantitative estimate of drug-likeness (QED) is 0.657. The number of carbonyl (C=O) groups excluding carboxylic acids is 2. The van der Waals surface area contributed by atoms with Gasteiger partial charge >= 0.3 is 6.03 Å². The lowest BCUT2D eigenvalue weighted by Crippen LogP contribution is -2.51. The molecular weight excluding hydrogens is 428 g/mol. The van der Waals surface area contributed by atoms with Crippen LogP contribution in [0.15, 0.2) is 46.7 Å². The van der Waals surface area contributed by atoms with Gasteiger partial charge in [0.2, 0.25) is 15.9 Å². The predicted molar refractivity (Wildman–Crippen MR) is 113 cm³/mol. The summed E-state index contributed by atoms with van der Waals surface area (Å²) in [6, 6.07) is 8.68. The van der Waals surface area contributed by atoms with Gasteiger partial charge in [-0.05, 0) is 35.7 Å². The van der Waals surface area contributed by atoms with Crippen LogP contribution in [0, 0.1) is 0 Å². The maximum Gasteiger partial charge on any atom is 0.312 e. The summed E-state index contributed by atoms with van der Waals surface area (Å²) >= 11 is 1.43. The van der Waals surface area contributed by atoms with Crippen molar-refractivity contribution in [2.45, 2.75) is 17.4 Å². The molecule has 3 N–H and O–H groups in total. The Morgan fingerprint density at radius 1 is 1.17 bits per heavy atom. The van der Waals surface area contributed by atoms with E-state index in [-0.39, 0.29) is 43.4 Å². The number of carbonyl (C=O) groups is 2. The molecule has 11 heteroatoms. The first-order valence-electron chi connectivity index (χ1n) is 9.32. The summed E-state index contributed by atoms with van der Waals surface area (Å²) in [4.78, 5) is 26.7. The third kappa shape index (κ3) is 5.10. The molecule has 1 saturated heterocycles. The van der Waals surface area contributed by atoms with Crippen LogP contribution in [0.2, 0.25) is 0 Å². The first-order chi connectivity index (χ1) is 14.3. The second kappa shape index (κ2) is 9.45. The molecule has 2 heterocycles. The van der Waals surface area contributed by atoms with E-state index in [0.29, 0.717) is 5.75 Å². The highest BCUT2D eigenvalue weighted by Gasteiger charge is 2.31. The molecule has 30 heavy (non-hydrogen) atoms. The van der Waals surface area contributed by atoms with Gasteiger partial charge in [0.25, 0.3) is 0 Å². The highest BCUT2D eigenvalue weighted by atomic mass is 32.2. The Hall–Kier alpha value is -2.63. The average Bonchev–Trinajstić information content (AvgIpc) is 3.28. The molecule has 2 aromatic rings.